The van der Waals surface area contributed by atoms with Crippen molar-refractivity contribution in [3.8, 4) is 0 Å². The molecule has 0 radical (unpaired) electrons. The van der Waals surface area contributed by atoms with E-state index in [9.17, 15) is 4.21 Å². The third-order valence-corrected chi connectivity index (χ3v) is 5.69. The van der Waals surface area contributed by atoms with Gasteiger partial charge < -0.3 is 5.73 Å². The van der Waals surface area contributed by atoms with Gasteiger partial charge in [0.15, 0.2) is 0 Å². The van der Waals surface area contributed by atoms with Crippen LogP contribution in [-0.2, 0) is 11.0 Å². The first-order chi connectivity index (χ1) is 10.3. The van der Waals surface area contributed by atoms with Crippen molar-refractivity contribution in [2.45, 2.75) is 31.6 Å². The fourth-order valence-electron chi connectivity index (χ4n) is 1.87. The van der Waals surface area contributed by atoms with E-state index in [1.54, 1.807) is 0 Å². The summed E-state index contributed by atoms with van der Waals surface area (Å²) >= 11 is 1.52. The second-order valence-corrected chi connectivity index (χ2v) is 8.93. The number of nitrogens with two attached hydrogens (primary N) is 1. The number of rotatable bonds is 5. The number of thiophene rings is 1. The lowest BCUT2D eigenvalue weighted by Gasteiger charge is -2.24. The second kappa shape index (κ2) is 6.73. The molecule has 4 nitrogen and oxygen atoms in total. The molecule has 1 heterocycles. The summed E-state index contributed by atoms with van der Waals surface area (Å²) in [5.41, 5.74) is 7.28. The molecule has 2 rings (SSSR count). The Kier molecular flexibility index (Phi) is 5.16. The van der Waals surface area contributed by atoms with E-state index in [4.69, 9.17) is 11.1 Å². The van der Waals surface area contributed by atoms with Gasteiger partial charge in [-0.15, -0.1) is 11.3 Å². The van der Waals surface area contributed by atoms with Crippen molar-refractivity contribution < 1.29 is 4.21 Å². The molecule has 0 aliphatic rings. The van der Waals surface area contributed by atoms with Gasteiger partial charge in [-0.05, 0) is 32.4 Å². The zero-order valence-corrected chi connectivity index (χ0v) is 14.6. The van der Waals surface area contributed by atoms with Crippen molar-refractivity contribution >= 4 is 28.2 Å². The fraction of sp³-hybridized carbons (Fsp3) is 0.312. The highest BCUT2D eigenvalue weighted by molar-refractivity contribution is 7.84. The van der Waals surface area contributed by atoms with E-state index in [1.165, 1.54) is 11.3 Å². The van der Waals surface area contributed by atoms with Crippen LogP contribution in [0.15, 0.2) is 41.8 Å². The summed E-state index contributed by atoms with van der Waals surface area (Å²) in [5, 5.41) is 9.40. The minimum atomic E-state index is -1.20. The van der Waals surface area contributed by atoms with Crippen molar-refractivity contribution in [1.82, 2.24) is 4.72 Å². The van der Waals surface area contributed by atoms with Crippen molar-refractivity contribution in [1.29, 1.82) is 5.41 Å². The van der Waals surface area contributed by atoms with Crippen LogP contribution in [0.1, 0.15) is 42.8 Å². The van der Waals surface area contributed by atoms with E-state index in [0.717, 1.165) is 10.4 Å². The van der Waals surface area contributed by atoms with Crippen LogP contribution in [0.4, 0.5) is 0 Å². The van der Waals surface area contributed by atoms with Crippen LogP contribution in [0.5, 0.6) is 0 Å². The highest BCUT2D eigenvalue weighted by Gasteiger charge is 2.25. The van der Waals surface area contributed by atoms with Crippen molar-refractivity contribution in [3.63, 3.8) is 0 Å². The Balaban J connectivity index is 2.37. The molecule has 0 amide bonds. The summed E-state index contributed by atoms with van der Waals surface area (Å²) in [7, 11) is -1.20. The van der Waals surface area contributed by atoms with Gasteiger partial charge in [0.1, 0.15) is 5.84 Å². The third kappa shape index (κ3) is 4.03. The number of nitrogen functional groups attached to an aromatic ring is 1. The lowest BCUT2D eigenvalue weighted by atomic mass is 10.1. The van der Waals surface area contributed by atoms with Gasteiger partial charge in [0.2, 0.25) is 0 Å². The van der Waals surface area contributed by atoms with Crippen LogP contribution >= 0.6 is 11.3 Å². The molecule has 0 saturated heterocycles. The minimum Gasteiger partial charge on any atom is -0.384 e. The van der Waals surface area contributed by atoms with Gasteiger partial charge in [-0.1, -0.05) is 30.3 Å². The van der Waals surface area contributed by atoms with Gasteiger partial charge in [-0.2, -0.15) is 0 Å². The SMILES string of the molecule is CC(C)(C)S(=O)N[C@@H](c1ccccc1)c1cc(C(=N)N)cs1. The van der Waals surface area contributed by atoms with E-state index in [1.807, 2.05) is 62.5 Å². The van der Waals surface area contributed by atoms with Gasteiger partial charge >= 0.3 is 0 Å². The molecule has 0 fully saturated rings. The number of hydrogen-bond acceptors (Lipinski definition) is 3. The van der Waals surface area contributed by atoms with E-state index in [-0.39, 0.29) is 16.6 Å². The molecule has 1 unspecified atom stereocenters. The average Bonchev–Trinajstić information content (AvgIpc) is 2.94. The van der Waals surface area contributed by atoms with E-state index in [2.05, 4.69) is 4.72 Å². The molecule has 118 valence electrons. The summed E-state index contributed by atoms with van der Waals surface area (Å²) in [6.07, 6.45) is 0. The predicted molar refractivity (Wildman–Crippen MR) is 94.7 cm³/mol. The van der Waals surface area contributed by atoms with E-state index in [0.29, 0.717) is 5.56 Å². The lowest BCUT2D eigenvalue weighted by molar-refractivity contribution is 0.625. The van der Waals surface area contributed by atoms with Gasteiger partial charge in [0, 0.05) is 15.8 Å². The Labute approximate surface area is 137 Å². The van der Waals surface area contributed by atoms with Gasteiger partial charge in [-0.25, -0.2) is 8.93 Å². The van der Waals surface area contributed by atoms with Crippen molar-refractivity contribution in [3.05, 3.63) is 57.8 Å². The molecule has 0 aliphatic carbocycles. The molecular weight excluding hydrogens is 314 g/mol. The number of nitrogens with one attached hydrogen (secondary N) is 2. The van der Waals surface area contributed by atoms with E-state index < -0.39 is 11.0 Å². The maximum absolute atomic E-state index is 12.5. The Morgan fingerprint density at radius 2 is 1.95 bits per heavy atom. The minimum absolute atomic E-state index is 0.0475. The largest absolute Gasteiger partial charge is 0.384 e. The van der Waals surface area contributed by atoms with Crippen LogP contribution in [0.2, 0.25) is 0 Å². The number of hydrogen-bond donors (Lipinski definition) is 3. The summed E-state index contributed by atoms with van der Waals surface area (Å²) in [6, 6.07) is 11.6. The maximum atomic E-state index is 12.5. The van der Waals surface area contributed by atoms with Crippen LogP contribution in [0.3, 0.4) is 0 Å². The first-order valence-corrected chi connectivity index (χ1v) is 8.98. The molecular formula is C16H21N3OS2. The first-order valence-electron chi connectivity index (χ1n) is 6.95. The molecule has 0 saturated carbocycles. The highest BCUT2D eigenvalue weighted by Crippen LogP contribution is 2.29. The maximum Gasteiger partial charge on any atom is 0.123 e. The van der Waals surface area contributed by atoms with Gasteiger partial charge in [-0.3, -0.25) is 5.41 Å². The average molecular weight is 335 g/mol. The van der Waals surface area contributed by atoms with Crippen LogP contribution in [-0.4, -0.2) is 14.8 Å². The van der Waals surface area contributed by atoms with Crippen molar-refractivity contribution in [2.24, 2.45) is 5.73 Å². The molecule has 1 aromatic heterocycles. The monoisotopic (exact) mass is 335 g/mol. The summed E-state index contributed by atoms with van der Waals surface area (Å²) in [4.78, 5) is 0.994. The molecule has 4 N–H and O–H groups in total. The molecule has 0 aliphatic heterocycles. The smallest absolute Gasteiger partial charge is 0.123 e. The topological polar surface area (TPSA) is 79.0 Å². The molecule has 0 bridgehead atoms. The zero-order valence-electron chi connectivity index (χ0n) is 12.9. The molecule has 22 heavy (non-hydrogen) atoms. The zero-order chi connectivity index (χ0) is 16.3. The Bertz CT molecular complexity index is 674. The van der Waals surface area contributed by atoms with Crippen LogP contribution < -0.4 is 10.5 Å². The quantitative estimate of drug-likeness (QED) is 0.579. The standard InChI is InChI=1S/C16H21N3OS2/c1-16(2,3)22(20)19-14(11-7-5-4-6-8-11)13-9-12(10-21-13)15(17)18/h4-10,14,19H,1-3H3,(H3,17,18)/t14-,22?/m0/s1. The third-order valence-electron chi connectivity index (χ3n) is 3.13. The Morgan fingerprint density at radius 3 is 2.45 bits per heavy atom. The number of amidine groups is 1. The summed E-state index contributed by atoms with van der Waals surface area (Å²) in [6.45, 7) is 5.81. The lowest BCUT2D eigenvalue weighted by Crippen LogP contribution is -2.35. The Hall–Kier alpha value is -1.50. The molecule has 0 spiro atoms. The van der Waals surface area contributed by atoms with E-state index >= 15 is 0 Å². The predicted octanol–water partition coefficient (Wildman–Crippen LogP) is 3.17. The molecule has 2 atom stereocenters. The summed E-state index contributed by atoms with van der Waals surface area (Å²) in [5.74, 6) is 0.0475. The van der Waals surface area contributed by atoms with Crippen LogP contribution in [0.25, 0.3) is 0 Å². The highest BCUT2D eigenvalue weighted by atomic mass is 32.2. The van der Waals surface area contributed by atoms with Gasteiger partial charge in [0.05, 0.1) is 21.8 Å². The van der Waals surface area contributed by atoms with Crippen LogP contribution in [0, 0.1) is 5.41 Å². The Morgan fingerprint density at radius 1 is 1.32 bits per heavy atom. The molecule has 2 aromatic rings. The fourth-order valence-corrected chi connectivity index (χ4v) is 3.75. The normalized spacial score (nSPS) is 14.5. The van der Waals surface area contributed by atoms with Crippen molar-refractivity contribution in [2.75, 3.05) is 0 Å². The first kappa shape index (κ1) is 16.9. The molecule has 6 heteroatoms. The second-order valence-electron chi connectivity index (χ2n) is 5.99. The number of benzene rings is 1. The summed E-state index contributed by atoms with van der Waals surface area (Å²) < 4.78 is 15.4. The molecule has 1 aromatic carbocycles. The van der Waals surface area contributed by atoms with Gasteiger partial charge in [0.25, 0.3) is 0 Å².